The van der Waals surface area contributed by atoms with Gasteiger partial charge in [0, 0.05) is 27.4 Å². The van der Waals surface area contributed by atoms with Crippen LogP contribution in [0.15, 0.2) is 180 Å². The molecule has 0 radical (unpaired) electrons. The number of aromatic nitrogens is 1. The van der Waals surface area contributed by atoms with Crippen molar-refractivity contribution < 1.29 is 4.21 Å². The summed E-state index contributed by atoms with van der Waals surface area (Å²) in [5, 5.41) is 2.50. The second-order valence-electron chi connectivity index (χ2n) is 16.2. The summed E-state index contributed by atoms with van der Waals surface area (Å²) < 4.78 is 17.9. The van der Waals surface area contributed by atoms with Crippen LogP contribution >= 0.6 is 0 Å². The van der Waals surface area contributed by atoms with E-state index in [1.807, 2.05) is 6.07 Å². The van der Waals surface area contributed by atoms with E-state index in [1.165, 1.54) is 72.0 Å². The first-order valence-corrected chi connectivity index (χ1v) is 20.6. The van der Waals surface area contributed by atoms with E-state index in [0.29, 0.717) is 0 Å². The molecule has 2 aliphatic heterocycles. The Bertz CT molecular complexity index is 3280. The lowest BCUT2D eigenvalue weighted by Gasteiger charge is -2.40. The van der Waals surface area contributed by atoms with Crippen molar-refractivity contribution >= 4 is 49.7 Å². The molecular formula is C52H34N2OS. The van der Waals surface area contributed by atoms with Gasteiger partial charge in [0.2, 0.25) is 0 Å². The van der Waals surface area contributed by atoms with Crippen LogP contribution < -0.4 is 4.90 Å². The Hall–Kier alpha value is -6.49. The zero-order chi connectivity index (χ0) is 37.1. The van der Waals surface area contributed by atoms with Crippen LogP contribution in [-0.2, 0) is 21.6 Å². The third-order valence-electron chi connectivity index (χ3n) is 13.3. The molecular weight excluding hydrogens is 701 g/mol. The van der Waals surface area contributed by atoms with E-state index in [4.69, 9.17) is 0 Å². The molecule has 0 saturated carbocycles. The van der Waals surface area contributed by atoms with Crippen LogP contribution in [0.25, 0.3) is 49.7 Å². The maximum absolute atomic E-state index is 15.4. The highest BCUT2D eigenvalue weighted by molar-refractivity contribution is 7.85. The number of benzene rings is 8. The number of nitrogens with zero attached hydrogens (tertiary/aromatic N) is 2. The zero-order valence-corrected chi connectivity index (χ0v) is 31.7. The number of hydrogen-bond donors (Lipinski definition) is 0. The molecule has 264 valence electrons. The summed E-state index contributed by atoms with van der Waals surface area (Å²) in [6.07, 6.45) is 0. The van der Waals surface area contributed by atoms with Gasteiger partial charge in [0.15, 0.2) is 0 Å². The second-order valence-corrected chi connectivity index (χ2v) is 17.6. The van der Waals surface area contributed by atoms with E-state index in [1.54, 1.807) is 0 Å². The summed E-state index contributed by atoms with van der Waals surface area (Å²) in [5.74, 6) is 0. The minimum absolute atomic E-state index is 0.149. The highest BCUT2D eigenvalue weighted by Crippen LogP contribution is 2.64. The lowest BCUT2D eigenvalue weighted by Crippen LogP contribution is -2.33. The van der Waals surface area contributed by atoms with E-state index in [-0.39, 0.29) is 5.41 Å². The molecule has 4 aliphatic rings. The van der Waals surface area contributed by atoms with Crippen molar-refractivity contribution in [3.05, 3.63) is 203 Å². The number of rotatable bonds is 1. The molecule has 56 heavy (non-hydrogen) atoms. The molecule has 1 spiro atoms. The quantitative estimate of drug-likeness (QED) is 0.168. The predicted octanol–water partition coefficient (Wildman–Crippen LogP) is 12.7. The Labute approximate surface area is 327 Å². The molecule has 3 nitrogen and oxygen atoms in total. The van der Waals surface area contributed by atoms with Crippen LogP contribution in [0.5, 0.6) is 0 Å². The van der Waals surface area contributed by atoms with E-state index in [2.05, 4.69) is 187 Å². The molecule has 0 fully saturated rings. The van der Waals surface area contributed by atoms with Crippen LogP contribution in [0.2, 0.25) is 0 Å². The molecule has 0 amide bonds. The summed E-state index contributed by atoms with van der Waals surface area (Å²) in [7, 11) is -1.44. The van der Waals surface area contributed by atoms with Crippen molar-refractivity contribution in [2.45, 2.75) is 34.5 Å². The van der Waals surface area contributed by atoms with Crippen LogP contribution in [0.3, 0.4) is 0 Å². The summed E-state index contributed by atoms with van der Waals surface area (Å²) in [4.78, 5) is 4.08. The lowest BCUT2D eigenvalue weighted by atomic mass is 9.65. The molecule has 0 bridgehead atoms. The number of hydrogen-bond acceptors (Lipinski definition) is 2. The van der Waals surface area contributed by atoms with Gasteiger partial charge in [0.25, 0.3) is 0 Å². The topological polar surface area (TPSA) is 25.2 Å². The standard InChI is InChI=1S/C52H34N2OS/c1-51(2)37-18-6-3-14-32(37)33-27-26-31(30-42(33)51)53-45-24-11-12-25-47(45)56(55)50-46(53)29-28-40-48(50)36-16-4-7-19-38(36)52(40)39-20-8-10-23-44(39)54-43-22-9-5-15-34(43)35-17-13-21-41(52)49(35)54/h3-30H,1-2H3. The monoisotopic (exact) mass is 734 g/mol. The summed E-state index contributed by atoms with van der Waals surface area (Å²) >= 11 is 0. The van der Waals surface area contributed by atoms with Crippen molar-refractivity contribution in [3.8, 4) is 27.9 Å². The predicted molar refractivity (Wildman–Crippen MR) is 229 cm³/mol. The minimum atomic E-state index is -1.44. The molecule has 2 unspecified atom stereocenters. The van der Waals surface area contributed by atoms with Gasteiger partial charge < -0.3 is 9.47 Å². The molecule has 13 rings (SSSR count). The van der Waals surface area contributed by atoms with Gasteiger partial charge in [-0.25, -0.2) is 4.21 Å². The number of para-hydroxylation sites is 4. The maximum Gasteiger partial charge on any atom is 0.0898 e. The first kappa shape index (κ1) is 30.8. The smallest absolute Gasteiger partial charge is 0.0898 e. The highest BCUT2D eigenvalue weighted by atomic mass is 32.2. The van der Waals surface area contributed by atoms with Gasteiger partial charge >= 0.3 is 0 Å². The van der Waals surface area contributed by atoms with Crippen LogP contribution in [-0.4, -0.2) is 8.78 Å². The van der Waals surface area contributed by atoms with E-state index in [9.17, 15) is 0 Å². The van der Waals surface area contributed by atoms with Gasteiger partial charge in [0.05, 0.1) is 54.1 Å². The molecule has 4 heteroatoms. The maximum atomic E-state index is 15.4. The first-order chi connectivity index (χ1) is 27.5. The Morgan fingerprint density at radius 3 is 2.02 bits per heavy atom. The van der Waals surface area contributed by atoms with Crippen LogP contribution in [0.4, 0.5) is 17.1 Å². The van der Waals surface area contributed by atoms with Gasteiger partial charge in [-0.2, -0.15) is 0 Å². The molecule has 2 atom stereocenters. The van der Waals surface area contributed by atoms with Gasteiger partial charge in [-0.15, -0.1) is 0 Å². The SMILES string of the molecule is CC1(C)c2ccccc2-c2ccc(N3c4ccccc4S(=O)c4c3ccc3c4-c4ccccc4C34c3ccccc3-n3c5ccccc5c5cccc4c53)cc21. The molecule has 8 aromatic carbocycles. The van der Waals surface area contributed by atoms with Gasteiger partial charge in [0.1, 0.15) is 0 Å². The summed E-state index contributed by atoms with van der Waals surface area (Å²) in [6.45, 7) is 4.67. The van der Waals surface area contributed by atoms with E-state index in [0.717, 1.165) is 38.0 Å². The average Bonchev–Trinajstić information content (AvgIpc) is 3.82. The molecule has 1 aromatic heterocycles. The minimum Gasteiger partial charge on any atom is -0.309 e. The Morgan fingerprint density at radius 1 is 0.482 bits per heavy atom. The second kappa shape index (κ2) is 10.4. The van der Waals surface area contributed by atoms with Crippen LogP contribution in [0.1, 0.15) is 47.2 Å². The normalized spacial score (nSPS) is 18.6. The Balaban J connectivity index is 1.13. The zero-order valence-electron chi connectivity index (χ0n) is 30.9. The van der Waals surface area contributed by atoms with Crippen molar-refractivity contribution in [2.24, 2.45) is 0 Å². The van der Waals surface area contributed by atoms with Gasteiger partial charge in [-0.3, -0.25) is 0 Å². The fraction of sp³-hybridized carbons (Fsp3) is 0.0769. The number of anilines is 3. The summed E-state index contributed by atoms with van der Waals surface area (Å²) in [6, 6.07) is 62.1. The lowest BCUT2D eigenvalue weighted by molar-refractivity contribution is 0.660. The largest absolute Gasteiger partial charge is 0.309 e. The Morgan fingerprint density at radius 2 is 1.14 bits per heavy atom. The Kier molecular flexibility index (Phi) is 5.73. The van der Waals surface area contributed by atoms with E-state index < -0.39 is 16.2 Å². The van der Waals surface area contributed by atoms with Crippen molar-refractivity contribution in [2.75, 3.05) is 4.90 Å². The van der Waals surface area contributed by atoms with Crippen LogP contribution in [0, 0.1) is 0 Å². The third kappa shape index (κ3) is 3.45. The van der Waals surface area contributed by atoms with Crippen molar-refractivity contribution in [1.82, 2.24) is 4.57 Å². The van der Waals surface area contributed by atoms with Crippen molar-refractivity contribution in [1.29, 1.82) is 0 Å². The molecule has 0 N–H and O–H groups in total. The fourth-order valence-electron chi connectivity index (χ4n) is 11.1. The van der Waals surface area contributed by atoms with E-state index >= 15 is 4.21 Å². The highest BCUT2D eigenvalue weighted by Gasteiger charge is 2.52. The number of fused-ring (bicyclic) bond motifs is 18. The van der Waals surface area contributed by atoms with Gasteiger partial charge in [-0.05, 0) is 92.5 Å². The third-order valence-corrected chi connectivity index (χ3v) is 14.9. The molecule has 0 saturated heterocycles. The van der Waals surface area contributed by atoms with Gasteiger partial charge in [-0.1, -0.05) is 141 Å². The molecule has 9 aromatic rings. The van der Waals surface area contributed by atoms with Crippen molar-refractivity contribution in [3.63, 3.8) is 0 Å². The molecule has 2 aliphatic carbocycles. The summed E-state index contributed by atoms with van der Waals surface area (Å²) in [5.41, 5.74) is 18.3. The first-order valence-electron chi connectivity index (χ1n) is 19.4. The molecule has 3 heterocycles. The fourth-order valence-corrected chi connectivity index (χ4v) is 12.6. The average molecular weight is 735 g/mol.